The van der Waals surface area contributed by atoms with Gasteiger partial charge in [-0.3, -0.25) is 0 Å². The van der Waals surface area contributed by atoms with Gasteiger partial charge in [-0.05, 0) is 0 Å². The number of benzene rings is 4. The fourth-order valence-corrected chi connectivity index (χ4v) is 18.7. The number of rotatable bonds is 22. The van der Waals surface area contributed by atoms with Crippen molar-refractivity contribution in [1.29, 1.82) is 0 Å². The second-order valence-corrected chi connectivity index (χ2v) is 28.0. The average molecular weight is 1010 g/mol. The van der Waals surface area contributed by atoms with Gasteiger partial charge in [0.15, 0.2) is 0 Å². The van der Waals surface area contributed by atoms with Crippen molar-refractivity contribution in [2.75, 3.05) is 0 Å². The van der Waals surface area contributed by atoms with Crippen LogP contribution in [-0.2, 0) is 23.2 Å². The van der Waals surface area contributed by atoms with Gasteiger partial charge in [0, 0.05) is 0 Å². The van der Waals surface area contributed by atoms with Gasteiger partial charge in [-0.2, -0.15) is 0 Å². The Balaban J connectivity index is 1.52. The molecule has 0 spiro atoms. The molecule has 0 fully saturated rings. The van der Waals surface area contributed by atoms with Crippen LogP contribution in [0.3, 0.4) is 0 Å². The third-order valence-corrected chi connectivity index (χ3v) is 22.3. The maximum absolute atomic E-state index is 13.8. The summed E-state index contributed by atoms with van der Waals surface area (Å²) < 4.78 is 99.3. The maximum atomic E-state index is 13.8. The van der Waals surface area contributed by atoms with Gasteiger partial charge in [0.1, 0.15) is 0 Å². The van der Waals surface area contributed by atoms with Crippen LogP contribution >= 0.6 is 0 Å². The predicted molar refractivity (Wildman–Crippen MR) is 249 cm³/mol. The third-order valence-electron chi connectivity index (χ3n) is 12.6. The summed E-state index contributed by atoms with van der Waals surface area (Å²) >= 11 is -4.48. The molecule has 0 saturated heterocycles. The van der Waals surface area contributed by atoms with E-state index in [2.05, 4.69) is 77.7 Å². The van der Waals surface area contributed by atoms with Gasteiger partial charge in [-0.1, -0.05) is 0 Å². The molecule has 6 aromatic rings. The van der Waals surface area contributed by atoms with E-state index < -0.39 is 42.7 Å². The molecule has 0 aliphatic rings. The molecule has 2 aromatic heterocycles. The first-order valence-corrected chi connectivity index (χ1v) is 29.7. The quantitative estimate of drug-likeness (QED) is 0.0383. The molecular weight excluding hydrogens is 949 g/mol. The number of fused-ring (bicyclic) bond motifs is 2. The van der Waals surface area contributed by atoms with Gasteiger partial charge in [0.05, 0.1) is 0 Å². The van der Waals surface area contributed by atoms with Crippen molar-refractivity contribution >= 4 is 41.3 Å². The van der Waals surface area contributed by atoms with E-state index in [-0.39, 0.29) is 21.9 Å². The molecule has 0 atom stereocenters. The van der Waals surface area contributed by atoms with E-state index in [9.17, 15) is 26.3 Å². The number of unbranched alkanes of at least 4 members (excludes halogenated alkanes) is 6. The minimum atomic E-state index is -4.55. The van der Waals surface area contributed by atoms with Crippen LogP contribution in [0, 0.1) is 0 Å². The molecule has 0 aliphatic carbocycles. The molecule has 0 radical (unpaired) electrons. The van der Waals surface area contributed by atoms with Crippen molar-refractivity contribution in [3.05, 3.63) is 95.1 Å². The SMILES string of the molecule is CCCCCC(C)(C)c1ccc([O][Sn]([CH2]CCC)([CH2]CCC)[O]c2ccc(C(C)(C)CCCCC)cc2-n2nc3ccc(C(F)(F)F)cc3n2)c(-n2nc3ccc(C(F)(F)F)cc3n2)c1. The molecule has 0 unspecified atom stereocenters. The molecule has 65 heavy (non-hydrogen) atoms. The molecule has 15 heteroatoms. The number of nitrogens with zero attached hydrogens (tertiary/aromatic N) is 6. The summed E-state index contributed by atoms with van der Waals surface area (Å²) in [6.07, 6.45) is 2.50. The standard InChI is InChI=1S/2C21H24F3N3O.2C4H9.Sn/c2*1-4-5-6-11-20(2,3)14-8-10-19(28)18(13-14)27-25-16-9-7-15(21(22,23)24)12-17(16)26-27;2*1-3-4-2;/h2*7-10,12-13,28H,4-6,11H2,1-3H3;2*1,3-4H2,2H3;/q;;;;+2/p-2. The van der Waals surface area contributed by atoms with Gasteiger partial charge >= 0.3 is 386 Å². The van der Waals surface area contributed by atoms with E-state index in [0.717, 1.165) is 112 Å². The van der Waals surface area contributed by atoms with Crippen molar-refractivity contribution in [1.82, 2.24) is 30.0 Å². The molecule has 2 heterocycles. The fourth-order valence-electron chi connectivity index (χ4n) is 8.32. The van der Waals surface area contributed by atoms with Crippen LogP contribution < -0.4 is 6.15 Å². The van der Waals surface area contributed by atoms with Crippen LogP contribution in [0.5, 0.6) is 11.5 Å². The summed E-state index contributed by atoms with van der Waals surface area (Å²) in [4.78, 5) is 2.77. The average Bonchev–Trinajstić information content (AvgIpc) is 3.89. The van der Waals surface area contributed by atoms with Crippen LogP contribution in [0.25, 0.3) is 33.4 Å². The second kappa shape index (κ2) is 20.7. The first-order valence-electron chi connectivity index (χ1n) is 23.3. The summed E-state index contributed by atoms with van der Waals surface area (Å²) in [6, 6.07) is 18.7. The van der Waals surface area contributed by atoms with Crippen LogP contribution in [0.4, 0.5) is 26.3 Å². The van der Waals surface area contributed by atoms with Gasteiger partial charge in [0.25, 0.3) is 0 Å². The van der Waals surface area contributed by atoms with Crippen LogP contribution in [0.2, 0.25) is 8.87 Å². The Labute approximate surface area is 384 Å². The van der Waals surface area contributed by atoms with E-state index >= 15 is 0 Å². The van der Waals surface area contributed by atoms with E-state index in [4.69, 9.17) is 16.3 Å². The molecular formula is C50H64F6N6O2Sn. The summed E-state index contributed by atoms with van der Waals surface area (Å²) in [6.45, 7) is 17.3. The first kappa shape index (κ1) is 50.1. The molecule has 0 N–H and O–H groups in total. The van der Waals surface area contributed by atoms with Gasteiger partial charge in [-0.15, -0.1) is 0 Å². The topological polar surface area (TPSA) is 79.9 Å². The Bertz CT molecular complexity index is 2350. The number of hydrogen-bond donors (Lipinski definition) is 0. The van der Waals surface area contributed by atoms with E-state index in [1.807, 2.05) is 24.3 Å². The zero-order chi connectivity index (χ0) is 47.2. The molecule has 0 amide bonds. The van der Waals surface area contributed by atoms with Crippen LogP contribution in [0.1, 0.15) is 155 Å². The molecule has 0 aliphatic heterocycles. The van der Waals surface area contributed by atoms with E-state index in [1.165, 1.54) is 21.7 Å². The number of alkyl halides is 6. The predicted octanol–water partition coefficient (Wildman–Crippen LogP) is 15.4. The van der Waals surface area contributed by atoms with Crippen LogP contribution in [0.15, 0.2) is 72.8 Å². The number of hydrogen-bond acceptors (Lipinski definition) is 6. The number of halogens is 6. The van der Waals surface area contributed by atoms with Gasteiger partial charge < -0.3 is 0 Å². The monoisotopic (exact) mass is 1010 g/mol. The van der Waals surface area contributed by atoms with Crippen molar-refractivity contribution in [2.24, 2.45) is 0 Å². The third kappa shape index (κ3) is 12.2. The van der Waals surface area contributed by atoms with Crippen molar-refractivity contribution in [3.8, 4) is 22.9 Å². The molecule has 4 aromatic carbocycles. The summed E-state index contributed by atoms with van der Waals surface area (Å²) in [5, 5.41) is 18.7. The summed E-state index contributed by atoms with van der Waals surface area (Å²) in [5.74, 6) is 0.936. The van der Waals surface area contributed by atoms with Crippen LogP contribution in [-0.4, -0.2) is 49.2 Å². The second-order valence-electron chi connectivity index (χ2n) is 18.8. The van der Waals surface area contributed by atoms with Gasteiger partial charge in [0.2, 0.25) is 0 Å². The molecule has 0 saturated carbocycles. The fraction of sp³-hybridized carbons (Fsp3) is 0.520. The van der Waals surface area contributed by atoms with E-state index in [0.29, 0.717) is 42.8 Å². The molecule has 352 valence electrons. The van der Waals surface area contributed by atoms with Gasteiger partial charge in [-0.25, -0.2) is 0 Å². The van der Waals surface area contributed by atoms with Crippen molar-refractivity contribution in [3.63, 3.8) is 0 Å². The Kier molecular flexibility index (Phi) is 15.9. The Morgan fingerprint density at radius 2 is 0.800 bits per heavy atom. The molecule has 6 rings (SSSR count). The summed E-state index contributed by atoms with van der Waals surface area (Å²) in [5.41, 5.74) is 1.73. The van der Waals surface area contributed by atoms with E-state index in [1.54, 1.807) is 0 Å². The minimum absolute atomic E-state index is 0.102. The Morgan fingerprint density at radius 3 is 1.15 bits per heavy atom. The Morgan fingerprint density at radius 1 is 0.446 bits per heavy atom. The molecule has 0 bridgehead atoms. The number of aromatic nitrogens is 6. The summed E-state index contributed by atoms with van der Waals surface area (Å²) in [7, 11) is 0. The van der Waals surface area contributed by atoms with Crippen molar-refractivity contribution in [2.45, 2.75) is 164 Å². The Hall–Kier alpha value is -4.34. The molecule has 8 nitrogen and oxygen atoms in total. The zero-order valence-corrected chi connectivity index (χ0v) is 41.9. The normalized spacial score (nSPS) is 13.0. The zero-order valence-electron chi connectivity index (χ0n) is 39.1. The van der Waals surface area contributed by atoms with Crippen molar-refractivity contribution < 1.29 is 32.5 Å². The first-order chi connectivity index (χ1) is 30.7.